The summed E-state index contributed by atoms with van der Waals surface area (Å²) in [6.07, 6.45) is 1.73. The molecule has 0 aromatic carbocycles. The number of hydrogen-bond acceptors (Lipinski definition) is 7. The lowest BCUT2D eigenvalue weighted by Crippen LogP contribution is -2.56. The summed E-state index contributed by atoms with van der Waals surface area (Å²) in [5, 5.41) is 21.8. The molecule has 4 rings (SSSR count). The smallest absolute Gasteiger partial charge is 0.309 e. The van der Waals surface area contributed by atoms with Gasteiger partial charge in [0.25, 0.3) is 0 Å². The van der Waals surface area contributed by atoms with E-state index in [9.17, 15) is 19.8 Å². The molecule has 31 heavy (non-hydrogen) atoms. The molecule has 3 heterocycles. The van der Waals surface area contributed by atoms with Crippen LogP contribution in [0.15, 0.2) is 0 Å². The van der Waals surface area contributed by atoms with Crippen LogP contribution in [0.5, 0.6) is 0 Å². The molecule has 1 saturated carbocycles. The van der Waals surface area contributed by atoms with Gasteiger partial charge in [-0.1, -0.05) is 13.8 Å². The number of aliphatic hydroxyl groups excluding tert-OH is 1. The molecule has 0 aromatic heterocycles. The van der Waals surface area contributed by atoms with E-state index in [4.69, 9.17) is 14.2 Å². The first-order valence-corrected chi connectivity index (χ1v) is 11.9. The zero-order chi connectivity index (χ0) is 22.8. The molecule has 7 nitrogen and oxygen atoms in total. The summed E-state index contributed by atoms with van der Waals surface area (Å²) in [6.45, 7) is 9.39. The molecule has 4 aliphatic rings. The molecule has 3 aliphatic heterocycles. The van der Waals surface area contributed by atoms with Crippen LogP contribution in [0.4, 0.5) is 0 Å². The second-order valence-corrected chi connectivity index (χ2v) is 11.1. The van der Waals surface area contributed by atoms with Crippen molar-refractivity contribution in [1.82, 2.24) is 0 Å². The zero-order valence-electron chi connectivity index (χ0n) is 19.4. The Morgan fingerprint density at radius 1 is 1.23 bits per heavy atom. The van der Waals surface area contributed by atoms with Gasteiger partial charge < -0.3 is 24.4 Å². The van der Waals surface area contributed by atoms with E-state index >= 15 is 0 Å². The van der Waals surface area contributed by atoms with Gasteiger partial charge in [-0.2, -0.15) is 0 Å². The number of rotatable bonds is 3. The molecule has 3 saturated heterocycles. The predicted molar refractivity (Wildman–Crippen MR) is 112 cm³/mol. The quantitative estimate of drug-likeness (QED) is 0.653. The third kappa shape index (κ3) is 3.70. The maximum Gasteiger partial charge on any atom is 0.309 e. The van der Waals surface area contributed by atoms with E-state index in [1.54, 1.807) is 6.92 Å². The van der Waals surface area contributed by atoms with E-state index in [0.717, 1.165) is 6.42 Å². The Morgan fingerprint density at radius 3 is 2.61 bits per heavy atom. The highest BCUT2D eigenvalue weighted by Crippen LogP contribution is 2.60. The molecule has 0 radical (unpaired) electrons. The Kier molecular flexibility index (Phi) is 5.71. The Labute approximate surface area is 184 Å². The van der Waals surface area contributed by atoms with Crippen molar-refractivity contribution in [3.05, 3.63) is 0 Å². The lowest BCUT2D eigenvalue weighted by molar-refractivity contribution is -0.183. The highest BCUT2D eigenvalue weighted by Gasteiger charge is 2.67. The molecule has 4 fully saturated rings. The van der Waals surface area contributed by atoms with Crippen LogP contribution in [-0.4, -0.2) is 57.3 Å². The van der Waals surface area contributed by atoms with Crippen LogP contribution in [0, 0.1) is 23.7 Å². The molecule has 10 atom stereocenters. The monoisotopic (exact) mass is 438 g/mol. The van der Waals surface area contributed by atoms with Crippen molar-refractivity contribution in [2.24, 2.45) is 23.7 Å². The van der Waals surface area contributed by atoms with Crippen molar-refractivity contribution in [3.8, 4) is 0 Å². The van der Waals surface area contributed by atoms with Crippen molar-refractivity contribution in [3.63, 3.8) is 0 Å². The van der Waals surface area contributed by atoms with Crippen LogP contribution < -0.4 is 0 Å². The van der Waals surface area contributed by atoms with E-state index in [1.165, 1.54) is 0 Å². The van der Waals surface area contributed by atoms with Gasteiger partial charge in [0.15, 0.2) is 0 Å². The van der Waals surface area contributed by atoms with E-state index in [2.05, 4.69) is 0 Å². The predicted octanol–water partition coefficient (Wildman–Crippen LogP) is 2.75. The largest absolute Gasteiger partial charge is 0.459 e. The van der Waals surface area contributed by atoms with E-state index in [-0.39, 0.29) is 48.1 Å². The minimum Gasteiger partial charge on any atom is -0.459 e. The summed E-state index contributed by atoms with van der Waals surface area (Å²) >= 11 is 0. The van der Waals surface area contributed by atoms with Crippen LogP contribution in [-0.2, 0) is 23.8 Å². The van der Waals surface area contributed by atoms with Crippen molar-refractivity contribution in [2.75, 3.05) is 0 Å². The highest BCUT2D eigenvalue weighted by molar-refractivity contribution is 5.73. The Hall–Kier alpha value is -1.18. The summed E-state index contributed by atoms with van der Waals surface area (Å²) in [4.78, 5) is 25.5. The number of ether oxygens (including phenoxy) is 3. The Balaban J connectivity index is 1.81. The molecule has 0 unspecified atom stereocenters. The van der Waals surface area contributed by atoms with Gasteiger partial charge in [0.1, 0.15) is 17.3 Å². The van der Waals surface area contributed by atoms with Crippen LogP contribution in [0.1, 0.15) is 79.6 Å². The lowest BCUT2D eigenvalue weighted by atomic mass is 9.57. The molecule has 176 valence electrons. The van der Waals surface area contributed by atoms with Crippen LogP contribution in [0.2, 0.25) is 0 Å². The number of carbonyl (C=O) groups excluding carboxylic acids is 2. The van der Waals surface area contributed by atoms with Crippen molar-refractivity contribution >= 4 is 11.9 Å². The highest BCUT2D eigenvalue weighted by atomic mass is 16.6. The molecule has 7 heteroatoms. The molecular weight excluding hydrogens is 400 g/mol. The number of aliphatic hydroxyl groups is 2. The van der Waals surface area contributed by atoms with E-state index < -0.39 is 29.0 Å². The first-order chi connectivity index (χ1) is 14.4. The lowest BCUT2D eigenvalue weighted by Gasteiger charge is -2.49. The maximum atomic E-state index is 13.0. The normalized spacial score (nSPS) is 51.7. The SMILES string of the molecule is CCCC(=O)O[C@]1(C)CC[C@H]2[C@H]3[C@@H]1[C@@H]1C[C@](C)(O)[C@H](O)CC[C@](C)(OC(=O)[C@@H]2C)[C@H]3O1. The fourth-order valence-corrected chi connectivity index (χ4v) is 6.87. The first kappa shape index (κ1) is 23.0. The topological polar surface area (TPSA) is 102 Å². The molecule has 0 spiro atoms. The molecular formula is C24H38O7. The molecule has 2 N–H and O–H groups in total. The second-order valence-electron chi connectivity index (χ2n) is 11.1. The van der Waals surface area contributed by atoms with E-state index in [1.807, 2.05) is 27.7 Å². The zero-order valence-corrected chi connectivity index (χ0v) is 19.4. The maximum absolute atomic E-state index is 13.0. The third-order valence-corrected chi connectivity index (χ3v) is 8.66. The molecule has 0 amide bonds. The van der Waals surface area contributed by atoms with Crippen molar-refractivity contribution in [1.29, 1.82) is 0 Å². The summed E-state index contributed by atoms with van der Waals surface area (Å²) in [5.74, 6) is -0.849. The summed E-state index contributed by atoms with van der Waals surface area (Å²) < 4.78 is 18.8. The van der Waals surface area contributed by atoms with Crippen LogP contribution >= 0.6 is 0 Å². The summed E-state index contributed by atoms with van der Waals surface area (Å²) in [6, 6.07) is 0. The van der Waals surface area contributed by atoms with Crippen LogP contribution in [0.3, 0.4) is 0 Å². The number of esters is 2. The van der Waals surface area contributed by atoms with Crippen molar-refractivity contribution in [2.45, 2.75) is 115 Å². The van der Waals surface area contributed by atoms with Gasteiger partial charge in [-0.25, -0.2) is 0 Å². The fraction of sp³-hybridized carbons (Fsp3) is 0.917. The minimum atomic E-state index is -1.35. The van der Waals surface area contributed by atoms with Gasteiger partial charge in [-0.3, -0.25) is 9.59 Å². The van der Waals surface area contributed by atoms with Gasteiger partial charge in [0.2, 0.25) is 0 Å². The van der Waals surface area contributed by atoms with Gasteiger partial charge >= 0.3 is 11.9 Å². The third-order valence-electron chi connectivity index (χ3n) is 8.66. The van der Waals surface area contributed by atoms with Crippen molar-refractivity contribution < 1.29 is 34.0 Å². The van der Waals surface area contributed by atoms with Gasteiger partial charge in [0, 0.05) is 24.7 Å². The van der Waals surface area contributed by atoms with Gasteiger partial charge in [0.05, 0.1) is 23.7 Å². The number of carbonyl (C=O) groups is 2. The molecule has 0 aromatic rings. The number of fused-ring (bicyclic) bond motifs is 2. The minimum absolute atomic E-state index is 0.0179. The Morgan fingerprint density at radius 2 is 1.94 bits per heavy atom. The number of hydrogen-bond donors (Lipinski definition) is 2. The fourth-order valence-electron chi connectivity index (χ4n) is 6.87. The Bertz CT molecular complexity index is 735. The average molecular weight is 439 g/mol. The molecule has 1 aliphatic carbocycles. The van der Waals surface area contributed by atoms with Gasteiger partial charge in [-0.05, 0) is 58.8 Å². The van der Waals surface area contributed by atoms with Crippen LogP contribution in [0.25, 0.3) is 0 Å². The first-order valence-electron chi connectivity index (χ1n) is 11.9. The summed E-state index contributed by atoms with van der Waals surface area (Å²) in [5.41, 5.74) is -2.99. The standard InChI is InChI=1S/C24H38O7/c1-6-7-17(26)30-23(4)10-8-14-13(2)21(27)31-24(5)11-9-16(25)22(3,28)12-15-19(23)18(14)20(24)29-15/h13-16,18-20,25,28H,6-12H2,1-5H3/t13-,14-,15+,16-,18+,19+,20+,22+,23-,24+/m1/s1. The van der Waals surface area contributed by atoms with E-state index in [0.29, 0.717) is 32.1 Å². The summed E-state index contributed by atoms with van der Waals surface area (Å²) in [7, 11) is 0. The second kappa shape index (κ2) is 7.70. The average Bonchev–Trinajstić information content (AvgIpc) is 3.03. The molecule has 2 bridgehead atoms. The van der Waals surface area contributed by atoms with Gasteiger partial charge in [-0.15, -0.1) is 0 Å².